The molecule has 0 unspecified atom stereocenters. The Morgan fingerprint density at radius 3 is 2.31 bits per heavy atom. The summed E-state index contributed by atoms with van der Waals surface area (Å²) in [6, 6.07) is 1.24. The van der Waals surface area contributed by atoms with Gasteiger partial charge < -0.3 is 10.1 Å². The lowest BCUT2D eigenvalue weighted by molar-refractivity contribution is -0.390. The van der Waals surface area contributed by atoms with Gasteiger partial charge in [0.2, 0.25) is 3.79 Å². The summed E-state index contributed by atoms with van der Waals surface area (Å²) in [5.41, 5.74) is 0.140. The maximum atomic E-state index is 10.7. The zero-order chi connectivity index (χ0) is 12.5. The number of hydrogen-bond acceptors (Lipinski definition) is 3. The monoisotopic (exact) mass is 322 g/mol. The molecule has 0 radical (unpaired) electrons. The van der Waals surface area contributed by atoms with Crippen LogP contribution >= 0.6 is 58.0 Å². The Balaban J connectivity index is 3.39. The van der Waals surface area contributed by atoms with Crippen molar-refractivity contribution < 1.29 is 4.92 Å². The van der Waals surface area contributed by atoms with Crippen molar-refractivity contribution in [2.75, 3.05) is 0 Å². The third-order valence-electron chi connectivity index (χ3n) is 1.62. The topological polar surface area (TPSA) is 56.0 Å². The summed E-state index contributed by atoms with van der Waals surface area (Å²) in [6.07, 6.45) is 1.16. The summed E-state index contributed by atoms with van der Waals surface area (Å²) in [6.45, 7) is 0. The first-order valence-electron chi connectivity index (χ1n) is 3.73. The molecule has 0 saturated heterocycles. The van der Waals surface area contributed by atoms with E-state index in [1.165, 1.54) is 6.07 Å². The van der Waals surface area contributed by atoms with E-state index in [0.717, 1.165) is 6.20 Å². The number of pyridine rings is 1. The second kappa shape index (κ2) is 5.10. The number of alkyl halides is 5. The molecule has 4 nitrogen and oxygen atoms in total. The van der Waals surface area contributed by atoms with E-state index in [4.69, 9.17) is 58.0 Å². The van der Waals surface area contributed by atoms with E-state index in [1.807, 2.05) is 0 Å². The lowest BCUT2D eigenvalue weighted by Gasteiger charge is -2.12. The predicted octanol–water partition coefficient (Wildman–Crippen LogP) is 4.29. The van der Waals surface area contributed by atoms with Gasteiger partial charge in [-0.05, 0) is 16.0 Å². The highest BCUT2D eigenvalue weighted by atomic mass is 35.6. The number of aromatic nitrogens is 1. The Kier molecular flexibility index (Phi) is 4.49. The van der Waals surface area contributed by atoms with Crippen molar-refractivity contribution in [3.63, 3.8) is 0 Å². The molecular weight excluding hydrogens is 321 g/mol. The number of nitro groups is 1. The number of rotatable bonds is 2. The quantitative estimate of drug-likeness (QED) is 0.463. The van der Waals surface area contributed by atoms with Crippen molar-refractivity contribution >= 4 is 63.8 Å². The molecule has 0 saturated carbocycles. The van der Waals surface area contributed by atoms with Gasteiger partial charge in [-0.15, -0.1) is 0 Å². The van der Waals surface area contributed by atoms with Gasteiger partial charge in [0.15, 0.2) is 0 Å². The highest BCUT2D eigenvalue weighted by molar-refractivity contribution is 6.67. The van der Waals surface area contributed by atoms with Gasteiger partial charge in [-0.2, -0.15) is 0 Å². The van der Waals surface area contributed by atoms with Crippen molar-refractivity contribution in [3.8, 4) is 0 Å². The largest absolute Gasteiger partial charge is 0.370 e. The van der Waals surface area contributed by atoms with Crippen molar-refractivity contribution in [2.45, 2.75) is 8.63 Å². The molecule has 1 rings (SSSR count). The van der Waals surface area contributed by atoms with Crippen LogP contribution in [0.4, 0.5) is 5.82 Å². The molecule has 0 amide bonds. The fourth-order valence-electron chi connectivity index (χ4n) is 0.947. The van der Waals surface area contributed by atoms with Crippen LogP contribution in [0.25, 0.3) is 0 Å². The van der Waals surface area contributed by atoms with E-state index in [9.17, 15) is 10.1 Å². The molecule has 0 aliphatic heterocycles. The van der Waals surface area contributed by atoms with Crippen LogP contribution in [0.15, 0.2) is 12.3 Å². The third kappa shape index (κ3) is 3.25. The first-order chi connectivity index (χ1) is 7.23. The van der Waals surface area contributed by atoms with E-state index < -0.39 is 19.4 Å². The van der Waals surface area contributed by atoms with Gasteiger partial charge in [-0.1, -0.05) is 58.0 Å². The molecule has 0 aliphatic rings. The SMILES string of the molecule is O=[N+]([O-])c1ncc(C(Cl)Cl)cc1C(Cl)(Cl)Cl. The maximum Gasteiger partial charge on any atom is 0.370 e. The summed E-state index contributed by atoms with van der Waals surface area (Å²) >= 11 is 27.9. The zero-order valence-corrected chi connectivity index (χ0v) is 11.1. The van der Waals surface area contributed by atoms with E-state index in [-0.39, 0.29) is 5.56 Å². The highest BCUT2D eigenvalue weighted by Gasteiger charge is 2.33. The maximum absolute atomic E-state index is 10.7. The van der Waals surface area contributed by atoms with E-state index >= 15 is 0 Å². The molecule has 0 N–H and O–H groups in total. The van der Waals surface area contributed by atoms with Gasteiger partial charge in [0.25, 0.3) is 0 Å². The first-order valence-corrected chi connectivity index (χ1v) is 5.74. The number of halogens is 5. The Morgan fingerprint density at radius 2 is 1.94 bits per heavy atom. The number of hydrogen-bond donors (Lipinski definition) is 0. The van der Waals surface area contributed by atoms with Crippen LogP contribution in [0.3, 0.4) is 0 Å². The fraction of sp³-hybridized carbons (Fsp3) is 0.286. The second-order valence-electron chi connectivity index (χ2n) is 2.70. The standard InChI is InChI=1S/C7H3Cl5N2O2/c8-5(9)3-1-4(7(10,11)12)6(13-2-3)14(15)16/h1-2,5H. The van der Waals surface area contributed by atoms with Crippen LogP contribution in [0.1, 0.15) is 16.0 Å². The normalized spacial score (nSPS) is 11.9. The molecule has 88 valence electrons. The molecule has 0 spiro atoms. The Hall–Kier alpha value is 0.000000000000000111. The van der Waals surface area contributed by atoms with Gasteiger partial charge in [-0.3, -0.25) is 0 Å². The average molecular weight is 324 g/mol. The Morgan fingerprint density at radius 1 is 1.38 bits per heavy atom. The lowest BCUT2D eigenvalue weighted by atomic mass is 10.2. The van der Waals surface area contributed by atoms with Crippen LogP contribution < -0.4 is 0 Å². The van der Waals surface area contributed by atoms with Crippen LogP contribution in [0.2, 0.25) is 0 Å². The van der Waals surface area contributed by atoms with Crippen LogP contribution in [0.5, 0.6) is 0 Å². The minimum absolute atomic E-state index is 0.175. The molecule has 9 heteroatoms. The minimum atomic E-state index is -1.96. The minimum Gasteiger partial charge on any atom is -0.358 e. The van der Waals surface area contributed by atoms with Crippen LogP contribution in [0, 0.1) is 10.1 Å². The molecular formula is C7H3Cl5N2O2. The molecule has 0 aromatic carbocycles. The zero-order valence-electron chi connectivity index (χ0n) is 7.33. The molecule has 1 heterocycles. The van der Waals surface area contributed by atoms with E-state index in [0.29, 0.717) is 5.56 Å². The number of nitrogens with zero attached hydrogens (tertiary/aromatic N) is 2. The summed E-state index contributed by atoms with van der Waals surface area (Å²) in [7, 11) is 0. The van der Waals surface area contributed by atoms with E-state index in [1.54, 1.807) is 0 Å². The molecule has 0 atom stereocenters. The molecule has 16 heavy (non-hydrogen) atoms. The second-order valence-corrected chi connectivity index (χ2v) is 6.07. The predicted molar refractivity (Wildman–Crippen MR) is 64.6 cm³/mol. The van der Waals surface area contributed by atoms with Crippen LogP contribution in [-0.4, -0.2) is 9.91 Å². The first kappa shape index (κ1) is 14.1. The summed E-state index contributed by atoms with van der Waals surface area (Å²) in [4.78, 5) is 12.5. The summed E-state index contributed by atoms with van der Waals surface area (Å²) in [5, 5.41) is 10.7. The van der Waals surface area contributed by atoms with Gasteiger partial charge >= 0.3 is 5.82 Å². The smallest absolute Gasteiger partial charge is 0.358 e. The molecule has 0 fully saturated rings. The Bertz CT molecular complexity index is 418. The lowest BCUT2D eigenvalue weighted by Crippen LogP contribution is -2.08. The summed E-state index contributed by atoms with van der Waals surface area (Å²) in [5.74, 6) is -0.544. The van der Waals surface area contributed by atoms with E-state index in [2.05, 4.69) is 4.98 Å². The molecule has 0 aliphatic carbocycles. The van der Waals surface area contributed by atoms with Crippen molar-refractivity contribution in [2.24, 2.45) is 0 Å². The Labute approximate surface area is 116 Å². The average Bonchev–Trinajstić information content (AvgIpc) is 2.15. The van der Waals surface area contributed by atoms with Gasteiger partial charge in [0, 0.05) is 5.56 Å². The van der Waals surface area contributed by atoms with Crippen molar-refractivity contribution in [3.05, 3.63) is 33.5 Å². The highest BCUT2D eigenvalue weighted by Crippen LogP contribution is 2.43. The van der Waals surface area contributed by atoms with Gasteiger partial charge in [-0.25, -0.2) is 0 Å². The van der Waals surface area contributed by atoms with Gasteiger partial charge in [0.1, 0.15) is 16.6 Å². The van der Waals surface area contributed by atoms with Crippen molar-refractivity contribution in [1.29, 1.82) is 0 Å². The van der Waals surface area contributed by atoms with Crippen LogP contribution in [-0.2, 0) is 3.79 Å². The van der Waals surface area contributed by atoms with Crippen molar-refractivity contribution in [1.82, 2.24) is 4.98 Å². The molecule has 1 aromatic rings. The summed E-state index contributed by atoms with van der Waals surface area (Å²) < 4.78 is -1.96. The molecule has 0 bridgehead atoms. The fourth-order valence-corrected chi connectivity index (χ4v) is 1.60. The van der Waals surface area contributed by atoms with Gasteiger partial charge in [0.05, 0.1) is 0 Å². The molecule has 1 aromatic heterocycles. The third-order valence-corrected chi connectivity index (χ3v) is 2.73.